The van der Waals surface area contributed by atoms with Gasteiger partial charge in [0.15, 0.2) is 5.65 Å². The fourth-order valence-corrected chi connectivity index (χ4v) is 2.76. The van der Waals surface area contributed by atoms with E-state index in [1.807, 2.05) is 61.5 Å². The Morgan fingerprint density at radius 2 is 1.85 bits per heavy atom. The van der Waals surface area contributed by atoms with Gasteiger partial charge in [0, 0.05) is 23.6 Å². The lowest BCUT2D eigenvalue weighted by atomic mass is 10.2. The van der Waals surface area contributed by atoms with Gasteiger partial charge < -0.3 is 5.32 Å². The number of nitrogens with one attached hydrogen (secondary N) is 1. The van der Waals surface area contributed by atoms with Crippen LogP contribution in [-0.4, -0.2) is 25.5 Å². The first-order chi connectivity index (χ1) is 12.7. The van der Waals surface area contributed by atoms with Crippen molar-refractivity contribution in [3.8, 4) is 11.4 Å². The second-order valence-electron chi connectivity index (χ2n) is 5.82. The summed E-state index contributed by atoms with van der Waals surface area (Å²) in [5.74, 6) is -0.242. The van der Waals surface area contributed by atoms with Gasteiger partial charge in [-0.3, -0.25) is 9.78 Å². The van der Waals surface area contributed by atoms with Gasteiger partial charge in [-0.05, 0) is 36.8 Å². The zero-order valence-electron chi connectivity index (χ0n) is 14.3. The molecule has 0 saturated heterocycles. The van der Waals surface area contributed by atoms with Gasteiger partial charge in [0.25, 0.3) is 5.91 Å². The smallest absolute Gasteiger partial charge is 0.274 e. The van der Waals surface area contributed by atoms with Crippen LogP contribution < -0.4 is 5.32 Å². The summed E-state index contributed by atoms with van der Waals surface area (Å²) in [4.78, 5) is 21.4. The normalized spacial score (nSPS) is 10.8. The molecule has 0 unspecified atom stereocenters. The third-order valence-corrected chi connectivity index (χ3v) is 4.05. The molecule has 0 atom stereocenters. The summed E-state index contributed by atoms with van der Waals surface area (Å²) in [6, 6.07) is 18.6. The number of amides is 1. The molecule has 3 heterocycles. The summed E-state index contributed by atoms with van der Waals surface area (Å²) >= 11 is 0. The lowest BCUT2D eigenvalue weighted by molar-refractivity contribution is 0.102. The number of fused-ring (bicyclic) bond motifs is 1. The van der Waals surface area contributed by atoms with Gasteiger partial charge in [-0.2, -0.15) is 5.10 Å². The first kappa shape index (κ1) is 16.0. The predicted molar refractivity (Wildman–Crippen MR) is 100.0 cm³/mol. The number of aromatic nitrogens is 4. The van der Waals surface area contributed by atoms with E-state index in [2.05, 4.69) is 20.4 Å². The lowest BCUT2D eigenvalue weighted by Crippen LogP contribution is -2.15. The number of carbonyl (C=O) groups is 1. The van der Waals surface area contributed by atoms with Gasteiger partial charge in [-0.25, -0.2) is 9.50 Å². The fourth-order valence-electron chi connectivity index (χ4n) is 2.76. The Hall–Kier alpha value is -3.54. The Bertz CT molecular complexity index is 1060. The Kier molecular flexibility index (Phi) is 4.15. The highest BCUT2D eigenvalue weighted by molar-refractivity contribution is 6.03. The Labute approximate surface area is 150 Å². The van der Waals surface area contributed by atoms with Crippen LogP contribution in [0.1, 0.15) is 23.1 Å². The van der Waals surface area contributed by atoms with Crippen molar-refractivity contribution in [1.29, 1.82) is 0 Å². The number of rotatable bonds is 4. The summed E-state index contributed by atoms with van der Waals surface area (Å²) in [7, 11) is 0. The van der Waals surface area contributed by atoms with Crippen molar-refractivity contribution < 1.29 is 4.79 Å². The Balaban J connectivity index is 1.74. The summed E-state index contributed by atoms with van der Waals surface area (Å²) in [5.41, 5.74) is 4.15. The predicted octanol–water partition coefficient (Wildman–Crippen LogP) is 3.61. The molecule has 1 aromatic carbocycles. The molecule has 1 amide bonds. The van der Waals surface area contributed by atoms with E-state index in [0.717, 1.165) is 29.2 Å². The van der Waals surface area contributed by atoms with Gasteiger partial charge >= 0.3 is 0 Å². The topological polar surface area (TPSA) is 72.2 Å². The summed E-state index contributed by atoms with van der Waals surface area (Å²) < 4.78 is 1.77. The van der Waals surface area contributed by atoms with Crippen molar-refractivity contribution in [3.63, 3.8) is 0 Å². The first-order valence-corrected chi connectivity index (χ1v) is 8.42. The fraction of sp³-hybridized carbons (Fsp3) is 0.100. The molecule has 0 spiro atoms. The van der Waals surface area contributed by atoms with E-state index in [4.69, 9.17) is 0 Å². The molecule has 4 aromatic rings. The van der Waals surface area contributed by atoms with Crippen molar-refractivity contribution in [1.82, 2.24) is 19.6 Å². The zero-order chi connectivity index (χ0) is 17.9. The first-order valence-electron chi connectivity index (χ1n) is 8.42. The van der Waals surface area contributed by atoms with Gasteiger partial charge in [-0.1, -0.05) is 31.2 Å². The zero-order valence-corrected chi connectivity index (χ0v) is 14.3. The highest BCUT2D eigenvalue weighted by Gasteiger charge is 2.15. The van der Waals surface area contributed by atoms with Crippen LogP contribution in [0.5, 0.6) is 0 Å². The highest BCUT2D eigenvalue weighted by atomic mass is 16.1. The molecule has 0 fully saturated rings. The van der Waals surface area contributed by atoms with Gasteiger partial charge in [0.2, 0.25) is 0 Å². The lowest BCUT2D eigenvalue weighted by Gasteiger charge is -2.07. The molecule has 26 heavy (non-hydrogen) atoms. The van der Waals surface area contributed by atoms with E-state index in [-0.39, 0.29) is 5.91 Å². The third-order valence-electron chi connectivity index (χ3n) is 4.05. The maximum absolute atomic E-state index is 12.6. The van der Waals surface area contributed by atoms with Crippen molar-refractivity contribution >= 4 is 17.2 Å². The number of nitrogens with zero attached hydrogens (tertiary/aromatic N) is 4. The van der Waals surface area contributed by atoms with E-state index in [0.29, 0.717) is 11.3 Å². The summed E-state index contributed by atoms with van der Waals surface area (Å²) in [6.07, 6.45) is 2.46. The molecule has 128 valence electrons. The van der Waals surface area contributed by atoms with Crippen molar-refractivity contribution in [2.45, 2.75) is 13.3 Å². The number of anilines is 1. The number of benzene rings is 1. The van der Waals surface area contributed by atoms with E-state index in [1.165, 1.54) is 0 Å². The van der Waals surface area contributed by atoms with E-state index in [1.54, 1.807) is 16.8 Å². The number of hydrogen-bond donors (Lipinski definition) is 1. The van der Waals surface area contributed by atoms with Crippen LogP contribution in [0.15, 0.2) is 66.9 Å². The number of hydrogen-bond acceptors (Lipinski definition) is 4. The van der Waals surface area contributed by atoms with Crippen LogP contribution in [-0.2, 0) is 6.42 Å². The highest BCUT2D eigenvalue weighted by Crippen LogP contribution is 2.19. The summed E-state index contributed by atoms with van der Waals surface area (Å²) in [6.45, 7) is 2.02. The third kappa shape index (κ3) is 3.04. The van der Waals surface area contributed by atoms with E-state index >= 15 is 0 Å². The average Bonchev–Trinajstić information content (AvgIpc) is 3.13. The molecule has 3 aromatic heterocycles. The molecule has 0 aliphatic carbocycles. The van der Waals surface area contributed by atoms with Crippen molar-refractivity contribution in [2.24, 2.45) is 0 Å². The SMILES string of the molecule is CCc1cc(C(=O)Nc2ccccc2)nc2cc(-c3ccccn3)nn12. The molecule has 0 aliphatic rings. The molecule has 0 saturated carbocycles. The molecule has 6 heteroatoms. The van der Waals surface area contributed by atoms with Crippen LogP contribution in [0.25, 0.3) is 17.0 Å². The Morgan fingerprint density at radius 3 is 2.58 bits per heavy atom. The molecule has 0 bridgehead atoms. The number of pyridine rings is 1. The molecule has 0 radical (unpaired) electrons. The molecule has 0 aliphatic heterocycles. The quantitative estimate of drug-likeness (QED) is 0.614. The second kappa shape index (κ2) is 6.76. The van der Waals surface area contributed by atoms with Crippen LogP contribution in [0.3, 0.4) is 0 Å². The molecule has 4 rings (SSSR count). The largest absolute Gasteiger partial charge is 0.321 e. The maximum Gasteiger partial charge on any atom is 0.274 e. The molecule has 1 N–H and O–H groups in total. The minimum Gasteiger partial charge on any atom is -0.321 e. The second-order valence-corrected chi connectivity index (χ2v) is 5.82. The van der Waals surface area contributed by atoms with Gasteiger partial charge in [0.05, 0.1) is 5.69 Å². The van der Waals surface area contributed by atoms with E-state index in [9.17, 15) is 4.79 Å². The van der Waals surface area contributed by atoms with Crippen LogP contribution >= 0.6 is 0 Å². The number of carbonyl (C=O) groups excluding carboxylic acids is 1. The van der Waals surface area contributed by atoms with Gasteiger partial charge in [-0.15, -0.1) is 0 Å². The average molecular weight is 343 g/mol. The molecular weight excluding hydrogens is 326 g/mol. The van der Waals surface area contributed by atoms with Crippen LogP contribution in [0, 0.1) is 0 Å². The van der Waals surface area contributed by atoms with Crippen molar-refractivity contribution in [3.05, 3.63) is 78.2 Å². The van der Waals surface area contributed by atoms with Crippen LogP contribution in [0.4, 0.5) is 5.69 Å². The standard InChI is InChI=1S/C20H17N5O/c1-2-15-12-18(20(26)22-14-8-4-3-5-9-14)23-19-13-17(24-25(15)19)16-10-6-7-11-21-16/h3-13H,2H2,1H3,(H,22,26). The maximum atomic E-state index is 12.6. The Morgan fingerprint density at radius 1 is 1.04 bits per heavy atom. The summed E-state index contributed by atoms with van der Waals surface area (Å²) in [5, 5.41) is 7.47. The minimum atomic E-state index is -0.242. The molecular formula is C20H17N5O. The number of aryl methyl sites for hydroxylation is 1. The van der Waals surface area contributed by atoms with E-state index < -0.39 is 0 Å². The number of para-hydroxylation sites is 1. The molecule has 6 nitrogen and oxygen atoms in total. The van der Waals surface area contributed by atoms with Crippen LogP contribution in [0.2, 0.25) is 0 Å². The minimum absolute atomic E-state index is 0.242. The van der Waals surface area contributed by atoms with Gasteiger partial charge in [0.1, 0.15) is 11.4 Å². The monoisotopic (exact) mass is 343 g/mol. The van der Waals surface area contributed by atoms with Crippen molar-refractivity contribution in [2.75, 3.05) is 5.32 Å².